The van der Waals surface area contributed by atoms with Gasteiger partial charge in [0.25, 0.3) is 0 Å². The van der Waals surface area contributed by atoms with E-state index in [1.54, 1.807) is 0 Å². The van der Waals surface area contributed by atoms with Gasteiger partial charge in [0.15, 0.2) is 11.5 Å². The second-order valence-electron chi connectivity index (χ2n) is 4.18. The van der Waals surface area contributed by atoms with Crippen LogP contribution < -0.4 is 19.9 Å². The van der Waals surface area contributed by atoms with Crippen molar-refractivity contribution in [1.82, 2.24) is 0 Å². The van der Waals surface area contributed by atoms with Gasteiger partial charge in [0, 0.05) is 5.57 Å². The molecule has 0 fully saturated rings. The fourth-order valence-corrected chi connectivity index (χ4v) is 2.30. The molecule has 17 heavy (non-hydrogen) atoms. The number of hydrogen-bond donors (Lipinski definition) is 0. The highest BCUT2D eigenvalue weighted by Gasteiger charge is 2.28. The molecule has 0 spiro atoms. The second-order valence-corrected chi connectivity index (χ2v) is 4.18. The van der Waals surface area contributed by atoms with Gasteiger partial charge in [0.2, 0.25) is 6.79 Å². The Bertz CT molecular complexity index is 684. The van der Waals surface area contributed by atoms with Gasteiger partial charge in [0.05, 0.1) is 6.26 Å². The number of rotatable bonds is 0. The predicted molar refractivity (Wildman–Crippen MR) is 58.4 cm³/mol. The van der Waals surface area contributed by atoms with Crippen LogP contribution >= 0.6 is 0 Å². The van der Waals surface area contributed by atoms with E-state index < -0.39 is 0 Å². The average molecular weight is 228 g/mol. The SMILES string of the molecule is O=C1OC=C2C=c3cc4c(cc3=CC12)OCO4. The minimum absolute atomic E-state index is 0.223. The lowest BCUT2D eigenvalue weighted by Crippen LogP contribution is -2.30. The molecule has 0 aromatic heterocycles. The molecule has 0 radical (unpaired) electrons. The van der Waals surface area contributed by atoms with Crippen molar-refractivity contribution in [2.24, 2.45) is 5.92 Å². The summed E-state index contributed by atoms with van der Waals surface area (Å²) in [6, 6.07) is 3.82. The minimum atomic E-state index is -0.275. The maximum absolute atomic E-state index is 11.5. The molecule has 4 rings (SSSR count). The van der Waals surface area contributed by atoms with Crippen LogP contribution in [-0.2, 0) is 9.53 Å². The summed E-state index contributed by atoms with van der Waals surface area (Å²) >= 11 is 0. The largest absolute Gasteiger partial charge is 0.454 e. The fourth-order valence-electron chi connectivity index (χ4n) is 2.30. The van der Waals surface area contributed by atoms with Gasteiger partial charge in [-0.15, -0.1) is 0 Å². The summed E-state index contributed by atoms with van der Waals surface area (Å²) in [5, 5.41) is 2.00. The third kappa shape index (κ3) is 1.15. The van der Waals surface area contributed by atoms with Crippen LogP contribution in [0.5, 0.6) is 11.5 Å². The van der Waals surface area contributed by atoms with Crippen LogP contribution in [0.1, 0.15) is 0 Å². The van der Waals surface area contributed by atoms with Crippen molar-refractivity contribution in [1.29, 1.82) is 0 Å². The first kappa shape index (κ1) is 8.87. The first-order valence-electron chi connectivity index (χ1n) is 5.35. The van der Waals surface area contributed by atoms with Crippen molar-refractivity contribution in [2.75, 3.05) is 6.79 Å². The lowest BCUT2D eigenvalue weighted by molar-refractivity contribution is -0.137. The van der Waals surface area contributed by atoms with Gasteiger partial charge in [-0.2, -0.15) is 0 Å². The van der Waals surface area contributed by atoms with E-state index in [1.165, 1.54) is 6.26 Å². The Morgan fingerprint density at radius 1 is 1.12 bits per heavy atom. The Morgan fingerprint density at radius 3 is 2.71 bits per heavy atom. The summed E-state index contributed by atoms with van der Waals surface area (Å²) in [5.41, 5.74) is 0.890. The average Bonchev–Trinajstić information content (AvgIpc) is 2.91. The van der Waals surface area contributed by atoms with Crippen molar-refractivity contribution in [3.63, 3.8) is 0 Å². The molecule has 4 nitrogen and oxygen atoms in total. The molecule has 0 N–H and O–H groups in total. The third-order valence-electron chi connectivity index (χ3n) is 3.17. The molecule has 2 aliphatic heterocycles. The maximum atomic E-state index is 11.5. The number of hydrogen-bond acceptors (Lipinski definition) is 4. The molecule has 0 amide bonds. The zero-order chi connectivity index (χ0) is 11.4. The van der Waals surface area contributed by atoms with Gasteiger partial charge in [-0.25, -0.2) is 0 Å². The van der Waals surface area contributed by atoms with Gasteiger partial charge in [-0.3, -0.25) is 4.79 Å². The van der Waals surface area contributed by atoms with Crippen molar-refractivity contribution in [3.05, 3.63) is 34.4 Å². The minimum Gasteiger partial charge on any atom is -0.454 e. The normalized spacial score (nSPS) is 22.9. The Balaban J connectivity index is 2.01. The van der Waals surface area contributed by atoms with Crippen LogP contribution in [0.15, 0.2) is 24.0 Å². The Hall–Kier alpha value is -2.23. The number of carbonyl (C=O) groups excluding carboxylic acids is 1. The molecule has 0 saturated heterocycles. The number of esters is 1. The Labute approximate surface area is 96.4 Å². The number of benzene rings is 1. The van der Waals surface area contributed by atoms with Gasteiger partial charge < -0.3 is 14.2 Å². The molecule has 1 aromatic carbocycles. The van der Waals surface area contributed by atoms with Gasteiger partial charge >= 0.3 is 5.97 Å². The number of cyclic esters (lactones) is 1. The van der Waals surface area contributed by atoms with Crippen LogP contribution in [0.4, 0.5) is 0 Å². The zero-order valence-electron chi connectivity index (χ0n) is 8.80. The number of ether oxygens (including phenoxy) is 3. The summed E-state index contributed by atoms with van der Waals surface area (Å²) in [6.45, 7) is 0.256. The number of carbonyl (C=O) groups is 1. The monoisotopic (exact) mass is 228 g/mol. The van der Waals surface area contributed by atoms with Crippen molar-refractivity contribution < 1.29 is 19.0 Å². The summed E-state index contributed by atoms with van der Waals surface area (Å²) < 4.78 is 15.5. The van der Waals surface area contributed by atoms with E-state index in [0.29, 0.717) is 0 Å². The zero-order valence-corrected chi connectivity index (χ0v) is 8.80. The van der Waals surface area contributed by atoms with Gasteiger partial charge in [-0.1, -0.05) is 6.08 Å². The lowest BCUT2D eigenvalue weighted by Gasteiger charge is -2.08. The van der Waals surface area contributed by atoms with E-state index in [2.05, 4.69) is 0 Å². The summed E-state index contributed by atoms with van der Waals surface area (Å²) in [7, 11) is 0. The topological polar surface area (TPSA) is 44.8 Å². The summed E-state index contributed by atoms with van der Waals surface area (Å²) in [5.74, 6) is 0.979. The highest BCUT2D eigenvalue weighted by atomic mass is 16.7. The molecule has 0 saturated carbocycles. The first-order valence-corrected chi connectivity index (χ1v) is 5.35. The smallest absolute Gasteiger partial charge is 0.322 e. The highest BCUT2D eigenvalue weighted by molar-refractivity contribution is 5.90. The van der Waals surface area contributed by atoms with Crippen LogP contribution in [0.25, 0.3) is 12.2 Å². The Kier molecular flexibility index (Phi) is 1.52. The fraction of sp³-hybridized carbons (Fsp3) is 0.154. The molecule has 3 aliphatic rings. The molecule has 4 heteroatoms. The number of fused-ring (bicyclic) bond motifs is 3. The van der Waals surface area contributed by atoms with E-state index in [-0.39, 0.29) is 18.7 Å². The second kappa shape index (κ2) is 2.91. The first-order chi connectivity index (χ1) is 8.31. The lowest BCUT2D eigenvalue weighted by atomic mass is 9.94. The molecule has 1 aromatic rings. The standard InChI is InChI=1S/C13H8O4/c14-13-10-2-8-4-12-11(16-6-17-12)3-7(8)1-9(10)5-15-13/h1-5,10H,6H2. The van der Waals surface area contributed by atoms with E-state index >= 15 is 0 Å². The molecular weight excluding hydrogens is 220 g/mol. The molecule has 1 unspecified atom stereocenters. The van der Waals surface area contributed by atoms with E-state index in [1.807, 2.05) is 24.3 Å². The molecule has 0 bridgehead atoms. The van der Waals surface area contributed by atoms with Crippen LogP contribution in [-0.4, -0.2) is 12.8 Å². The summed E-state index contributed by atoms with van der Waals surface area (Å²) in [6.07, 6.45) is 5.36. The highest BCUT2D eigenvalue weighted by Crippen LogP contribution is 2.30. The van der Waals surface area contributed by atoms with Crippen LogP contribution in [0.2, 0.25) is 0 Å². The van der Waals surface area contributed by atoms with Crippen molar-refractivity contribution >= 4 is 18.1 Å². The van der Waals surface area contributed by atoms with E-state index in [4.69, 9.17) is 14.2 Å². The summed E-state index contributed by atoms with van der Waals surface area (Å²) in [4.78, 5) is 11.5. The Morgan fingerprint density at radius 2 is 1.88 bits per heavy atom. The van der Waals surface area contributed by atoms with Crippen LogP contribution in [0, 0.1) is 5.92 Å². The quantitative estimate of drug-likeness (QED) is 0.588. The predicted octanol–water partition coefficient (Wildman–Crippen LogP) is 0.0468. The molecule has 2 heterocycles. The maximum Gasteiger partial charge on any atom is 0.322 e. The van der Waals surface area contributed by atoms with Crippen LogP contribution in [0.3, 0.4) is 0 Å². The van der Waals surface area contributed by atoms with Gasteiger partial charge in [0.1, 0.15) is 5.92 Å². The van der Waals surface area contributed by atoms with Gasteiger partial charge in [-0.05, 0) is 28.6 Å². The third-order valence-corrected chi connectivity index (χ3v) is 3.17. The van der Waals surface area contributed by atoms with Crippen molar-refractivity contribution in [3.8, 4) is 11.5 Å². The van der Waals surface area contributed by atoms with Crippen molar-refractivity contribution in [2.45, 2.75) is 0 Å². The molecular formula is C13H8O4. The molecule has 84 valence electrons. The van der Waals surface area contributed by atoms with E-state index in [9.17, 15) is 4.79 Å². The van der Waals surface area contributed by atoms with E-state index in [0.717, 1.165) is 27.5 Å². The molecule has 1 atom stereocenters. The molecule has 1 aliphatic carbocycles.